The number of aliphatic imine (C=N–C) groups is 1. The number of rotatable bonds is 4. The highest BCUT2D eigenvalue weighted by Crippen LogP contribution is 2.42. The van der Waals surface area contributed by atoms with Gasteiger partial charge in [-0.05, 0) is 24.5 Å². The smallest absolute Gasteiger partial charge is 0.248 e. The van der Waals surface area contributed by atoms with Gasteiger partial charge in [0.2, 0.25) is 5.91 Å². The van der Waals surface area contributed by atoms with Crippen LogP contribution in [0.2, 0.25) is 0 Å². The Morgan fingerprint density at radius 1 is 1.29 bits per heavy atom. The maximum absolute atomic E-state index is 12.1. The first kappa shape index (κ1) is 17.5. The summed E-state index contributed by atoms with van der Waals surface area (Å²) in [5.41, 5.74) is 2.11. The van der Waals surface area contributed by atoms with Crippen molar-refractivity contribution in [3.05, 3.63) is 29.8 Å². The number of para-hydroxylation sites is 1. The summed E-state index contributed by atoms with van der Waals surface area (Å²) in [6.45, 7) is 4.02. The SMILES string of the molecule is CCCC(=O)N=C1S[C@@H]2CS(=O)(=O)C[C@H]2N1c1ccccc1CC. The van der Waals surface area contributed by atoms with Crippen molar-refractivity contribution in [2.24, 2.45) is 4.99 Å². The second-order valence-corrected chi connectivity index (χ2v) is 9.55. The topological polar surface area (TPSA) is 66.8 Å². The minimum absolute atomic E-state index is 0.0481. The Balaban J connectivity index is 2.03. The molecule has 2 saturated heterocycles. The first-order valence-corrected chi connectivity index (χ1v) is 11.0. The maximum atomic E-state index is 12.1. The maximum Gasteiger partial charge on any atom is 0.248 e. The lowest BCUT2D eigenvalue weighted by molar-refractivity contribution is -0.117. The van der Waals surface area contributed by atoms with Crippen LogP contribution in [0.3, 0.4) is 0 Å². The molecular formula is C17H22N2O3S2. The van der Waals surface area contributed by atoms with Gasteiger partial charge in [-0.3, -0.25) is 4.79 Å². The van der Waals surface area contributed by atoms with E-state index in [-0.39, 0.29) is 28.7 Å². The number of sulfone groups is 1. The molecular weight excluding hydrogens is 344 g/mol. The number of fused-ring (bicyclic) bond motifs is 1. The summed E-state index contributed by atoms with van der Waals surface area (Å²) in [4.78, 5) is 18.3. The van der Waals surface area contributed by atoms with Gasteiger partial charge in [0.15, 0.2) is 15.0 Å². The van der Waals surface area contributed by atoms with Crippen LogP contribution in [0, 0.1) is 0 Å². The fourth-order valence-corrected chi connectivity index (χ4v) is 7.19. The molecule has 0 radical (unpaired) electrons. The molecule has 130 valence electrons. The van der Waals surface area contributed by atoms with Crippen molar-refractivity contribution in [2.45, 2.75) is 44.4 Å². The number of anilines is 1. The van der Waals surface area contributed by atoms with Crippen molar-refractivity contribution in [1.29, 1.82) is 0 Å². The molecule has 0 unspecified atom stereocenters. The fourth-order valence-electron chi connectivity index (χ4n) is 3.27. The average Bonchev–Trinajstić information content (AvgIpc) is 2.98. The van der Waals surface area contributed by atoms with Crippen molar-refractivity contribution in [3.8, 4) is 0 Å². The Bertz CT molecular complexity index is 774. The molecule has 0 N–H and O–H groups in total. The van der Waals surface area contributed by atoms with E-state index in [1.54, 1.807) is 0 Å². The van der Waals surface area contributed by atoms with E-state index < -0.39 is 9.84 Å². The number of aryl methyl sites for hydroxylation is 1. The van der Waals surface area contributed by atoms with Crippen molar-refractivity contribution < 1.29 is 13.2 Å². The second kappa shape index (κ2) is 6.88. The summed E-state index contributed by atoms with van der Waals surface area (Å²) in [6, 6.07) is 7.82. The number of benzene rings is 1. The molecule has 1 aromatic rings. The van der Waals surface area contributed by atoms with Crippen LogP contribution in [0.4, 0.5) is 5.69 Å². The van der Waals surface area contributed by atoms with Crippen molar-refractivity contribution >= 4 is 38.4 Å². The predicted molar refractivity (Wildman–Crippen MR) is 99.5 cm³/mol. The Morgan fingerprint density at radius 3 is 2.75 bits per heavy atom. The van der Waals surface area contributed by atoms with E-state index in [0.29, 0.717) is 11.6 Å². The van der Waals surface area contributed by atoms with E-state index in [9.17, 15) is 13.2 Å². The van der Waals surface area contributed by atoms with Crippen LogP contribution in [0.25, 0.3) is 0 Å². The molecule has 0 aromatic heterocycles. The zero-order valence-electron chi connectivity index (χ0n) is 13.9. The molecule has 2 heterocycles. The summed E-state index contributed by atoms with van der Waals surface area (Å²) in [5, 5.41) is 0.604. The van der Waals surface area contributed by atoms with Crippen LogP contribution >= 0.6 is 11.8 Å². The molecule has 0 bridgehead atoms. The Labute approximate surface area is 147 Å². The third-order valence-electron chi connectivity index (χ3n) is 4.38. The summed E-state index contributed by atoms with van der Waals surface area (Å²) >= 11 is 1.44. The van der Waals surface area contributed by atoms with Crippen molar-refractivity contribution in [1.82, 2.24) is 0 Å². The van der Waals surface area contributed by atoms with Crippen LogP contribution < -0.4 is 4.90 Å². The lowest BCUT2D eigenvalue weighted by Gasteiger charge is -2.26. The molecule has 0 saturated carbocycles. The Hall–Kier alpha value is -1.34. The fraction of sp³-hybridized carbons (Fsp3) is 0.529. The van der Waals surface area contributed by atoms with E-state index in [4.69, 9.17) is 0 Å². The Morgan fingerprint density at radius 2 is 2.04 bits per heavy atom. The van der Waals surface area contributed by atoms with Crippen LogP contribution in [-0.4, -0.2) is 42.3 Å². The van der Waals surface area contributed by atoms with E-state index in [1.807, 2.05) is 36.1 Å². The highest BCUT2D eigenvalue weighted by atomic mass is 32.2. The molecule has 5 nitrogen and oxygen atoms in total. The molecule has 0 aliphatic carbocycles. The van der Waals surface area contributed by atoms with Gasteiger partial charge >= 0.3 is 0 Å². The molecule has 2 atom stereocenters. The molecule has 1 amide bonds. The Kier molecular flexibility index (Phi) is 5.01. The lowest BCUT2D eigenvalue weighted by Crippen LogP contribution is -2.38. The summed E-state index contributed by atoms with van der Waals surface area (Å²) in [5.74, 6) is 0.152. The summed E-state index contributed by atoms with van der Waals surface area (Å²) in [6.07, 6.45) is 2.02. The number of nitrogens with zero attached hydrogens (tertiary/aromatic N) is 2. The van der Waals surface area contributed by atoms with E-state index in [1.165, 1.54) is 11.8 Å². The first-order valence-electron chi connectivity index (χ1n) is 8.31. The number of amidine groups is 1. The predicted octanol–water partition coefficient (Wildman–Crippen LogP) is 2.65. The summed E-state index contributed by atoms with van der Waals surface area (Å²) < 4.78 is 24.1. The van der Waals surface area contributed by atoms with Gasteiger partial charge in [0, 0.05) is 17.4 Å². The molecule has 0 spiro atoms. The monoisotopic (exact) mass is 366 g/mol. The third kappa shape index (κ3) is 3.37. The largest absolute Gasteiger partial charge is 0.315 e. The zero-order chi connectivity index (χ0) is 17.3. The van der Waals surface area contributed by atoms with E-state index >= 15 is 0 Å². The van der Waals surface area contributed by atoms with Crippen LogP contribution in [0.1, 0.15) is 32.3 Å². The molecule has 7 heteroatoms. The number of amides is 1. The number of carbonyl (C=O) groups excluding carboxylic acids is 1. The molecule has 2 aliphatic rings. The van der Waals surface area contributed by atoms with E-state index in [0.717, 1.165) is 24.1 Å². The number of hydrogen-bond acceptors (Lipinski definition) is 4. The summed E-state index contributed by atoms with van der Waals surface area (Å²) in [7, 11) is -3.03. The van der Waals surface area contributed by atoms with Gasteiger partial charge in [-0.25, -0.2) is 8.42 Å². The molecule has 1 aromatic carbocycles. The van der Waals surface area contributed by atoms with Crippen molar-refractivity contribution in [2.75, 3.05) is 16.4 Å². The van der Waals surface area contributed by atoms with Gasteiger partial charge in [0.25, 0.3) is 0 Å². The number of hydrogen-bond donors (Lipinski definition) is 0. The van der Waals surface area contributed by atoms with Gasteiger partial charge in [0.05, 0.1) is 17.5 Å². The van der Waals surface area contributed by atoms with Gasteiger partial charge in [-0.15, -0.1) is 0 Å². The standard InChI is InChI=1S/C17H22N2O3S2/c1-3-7-16(20)18-17-19(13-9-6-5-8-12(13)4-2)14-10-24(21,22)11-15(14)23-17/h5-6,8-9,14-15H,3-4,7,10-11H2,1-2H3/t14-,15-/m1/s1. The van der Waals surface area contributed by atoms with Gasteiger partial charge in [-0.1, -0.05) is 43.8 Å². The van der Waals surface area contributed by atoms with E-state index in [2.05, 4.69) is 11.9 Å². The molecule has 24 heavy (non-hydrogen) atoms. The van der Waals surface area contributed by atoms with Crippen LogP contribution in [-0.2, 0) is 21.1 Å². The highest BCUT2D eigenvalue weighted by molar-refractivity contribution is 8.16. The second-order valence-electron chi connectivity index (χ2n) is 6.19. The first-order chi connectivity index (χ1) is 11.4. The number of carbonyl (C=O) groups is 1. The quantitative estimate of drug-likeness (QED) is 0.819. The van der Waals surface area contributed by atoms with Gasteiger partial charge in [-0.2, -0.15) is 4.99 Å². The molecule has 2 aliphatic heterocycles. The minimum Gasteiger partial charge on any atom is -0.315 e. The van der Waals surface area contributed by atoms with Crippen LogP contribution in [0.15, 0.2) is 29.3 Å². The van der Waals surface area contributed by atoms with Gasteiger partial charge < -0.3 is 4.90 Å². The van der Waals surface area contributed by atoms with Crippen LogP contribution in [0.5, 0.6) is 0 Å². The zero-order valence-corrected chi connectivity index (χ0v) is 15.6. The number of thioether (sulfide) groups is 1. The van der Waals surface area contributed by atoms with Crippen molar-refractivity contribution in [3.63, 3.8) is 0 Å². The molecule has 2 fully saturated rings. The normalized spacial score (nSPS) is 26.8. The lowest BCUT2D eigenvalue weighted by atomic mass is 10.1. The third-order valence-corrected chi connectivity index (χ3v) is 7.59. The highest BCUT2D eigenvalue weighted by Gasteiger charge is 2.49. The average molecular weight is 367 g/mol. The molecule has 3 rings (SSSR count). The minimum atomic E-state index is -3.03. The van der Waals surface area contributed by atoms with Gasteiger partial charge in [0.1, 0.15) is 0 Å².